The molecule has 11 heteroatoms. The van der Waals surface area contributed by atoms with Gasteiger partial charge in [-0.15, -0.1) is 13.2 Å². The number of alkyl halides is 1. The molecular formula is C40H50BrN3O7. The van der Waals surface area contributed by atoms with Gasteiger partial charge in [-0.2, -0.15) is 0 Å². The van der Waals surface area contributed by atoms with Crippen molar-refractivity contribution in [2.75, 3.05) is 19.7 Å². The summed E-state index contributed by atoms with van der Waals surface area (Å²) in [5.74, 6) is -3.67. The van der Waals surface area contributed by atoms with Gasteiger partial charge in [0.05, 0.1) is 36.6 Å². The van der Waals surface area contributed by atoms with E-state index in [9.17, 15) is 24.3 Å². The Morgan fingerprint density at radius 2 is 1.76 bits per heavy atom. The van der Waals surface area contributed by atoms with Gasteiger partial charge in [-0.1, -0.05) is 109 Å². The number of ether oxygens (including phenoxy) is 2. The highest BCUT2D eigenvalue weighted by atomic mass is 79.9. The largest absolute Gasteiger partial charge is 0.455 e. The van der Waals surface area contributed by atoms with Gasteiger partial charge in [0, 0.05) is 24.3 Å². The molecule has 2 bridgehead atoms. The number of hydrogen-bond acceptors (Lipinski definition) is 7. The number of nitrogens with zero attached hydrogens (tertiary/aromatic N) is 2. The van der Waals surface area contributed by atoms with E-state index in [2.05, 4.69) is 41.3 Å². The van der Waals surface area contributed by atoms with Crippen molar-refractivity contribution in [3.05, 3.63) is 97.1 Å². The van der Waals surface area contributed by atoms with Gasteiger partial charge in [0.2, 0.25) is 17.7 Å². The van der Waals surface area contributed by atoms with Gasteiger partial charge in [0.1, 0.15) is 17.7 Å². The summed E-state index contributed by atoms with van der Waals surface area (Å²) in [4.78, 5) is 59.8. The zero-order valence-corrected chi connectivity index (χ0v) is 31.1. The fourth-order valence-corrected chi connectivity index (χ4v) is 9.04. The fraction of sp³-hybridized carbons (Fsp3) is 0.500. The van der Waals surface area contributed by atoms with E-state index in [0.717, 1.165) is 19.3 Å². The molecule has 2 aromatic rings. The van der Waals surface area contributed by atoms with Crippen LogP contribution in [0.25, 0.3) is 0 Å². The minimum absolute atomic E-state index is 0.205. The lowest BCUT2D eigenvalue weighted by Crippen LogP contribution is -2.57. The summed E-state index contributed by atoms with van der Waals surface area (Å²) in [7, 11) is 0. The molecule has 3 aliphatic rings. The first-order chi connectivity index (χ1) is 24.6. The van der Waals surface area contributed by atoms with Gasteiger partial charge in [0.25, 0.3) is 0 Å². The highest BCUT2D eigenvalue weighted by Crippen LogP contribution is 2.61. The van der Waals surface area contributed by atoms with Crippen molar-refractivity contribution in [2.45, 2.75) is 93.1 Å². The average molecular weight is 765 g/mol. The van der Waals surface area contributed by atoms with Gasteiger partial charge >= 0.3 is 5.97 Å². The number of hydrogen-bond donors (Lipinski definition) is 2. The summed E-state index contributed by atoms with van der Waals surface area (Å²) in [5.41, 5.74) is -0.00548. The third-order valence-corrected chi connectivity index (χ3v) is 11.3. The Balaban J connectivity index is 1.54. The molecule has 51 heavy (non-hydrogen) atoms. The number of esters is 1. The van der Waals surface area contributed by atoms with Crippen LogP contribution in [0.2, 0.25) is 0 Å². The summed E-state index contributed by atoms with van der Waals surface area (Å²) in [6.45, 7) is 11.7. The number of rotatable bonds is 18. The van der Waals surface area contributed by atoms with Crippen molar-refractivity contribution in [3.8, 4) is 0 Å². The van der Waals surface area contributed by atoms with Crippen LogP contribution in [0.4, 0.5) is 0 Å². The van der Waals surface area contributed by atoms with E-state index in [1.54, 1.807) is 24.0 Å². The number of carbonyl (C=O) groups excluding carboxylic acids is 4. The predicted octanol–water partition coefficient (Wildman–Crippen LogP) is 5.43. The number of halogens is 1. The van der Waals surface area contributed by atoms with Gasteiger partial charge in [-0.3, -0.25) is 19.2 Å². The Kier molecular flexibility index (Phi) is 12.9. The van der Waals surface area contributed by atoms with E-state index in [4.69, 9.17) is 9.47 Å². The Morgan fingerprint density at radius 1 is 1.10 bits per heavy atom. The molecule has 9 atom stereocenters. The van der Waals surface area contributed by atoms with Crippen molar-refractivity contribution in [1.82, 2.24) is 15.1 Å². The van der Waals surface area contributed by atoms with Crippen LogP contribution in [0, 0.1) is 11.8 Å². The molecule has 0 saturated carbocycles. The first-order valence-electron chi connectivity index (χ1n) is 18.0. The van der Waals surface area contributed by atoms with Gasteiger partial charge in [0.15, 0.2) is 0 Å². The fourth-order valence-electron chi connectivity index (χ4n) is 8.09. The van der Waals surface area contributed by atoms with Crippen LogP contribution in [0.1, 0.15) is 75.6 Å². The normalized spacial score (nSPS) is 26.5. The molecule has 0 radical (unpaired) electrons. The number of unbranched alkanes of at least 4 members (excludes halogenated alkanes) is 2. The molecule has 3 aliphatic heterocycles. The molecule has 2 N–H and O–H groups in total. The second-order valence-electron chi connectivity index (χ2n) is 13.7. The van der Waals surface area contributed by atoms with Crippen LogP contribution in [-0.2, 0) is 28.7 Å². The van der Waals surface area contributed by atoms with E-state index >= 15 is 0 Å². The maximum absolute atomic E-state index is 14.9. The third-order valence-electron chi connectivity index (χ3n) is 10.4. The standard InChI is InChI=1S/C40H50BrN3O7/c1-5-8-16-23-43(22-7-3)38(48)36-40-24-29(41)35(51-40)32(33(40)37(47)44(36)30(25-45)27-17-12-10-13-18-27)39(49)50-34(28-19-14-11-15-20-28)26(4)42-31(46)21-9-6-2/h6-7,10-15,17-20,26,29-30,32-36,45H,2-3,5,8-9,16,21-25H2,1,4H3,(H,42,46)/t26-,29?,30+,32+,33-,34-,35+,36+,40-/m0/s1. The SMILES string of the molecule is C=CCCC(=O)N[C@@H](C)[C@H](OC(=O)[C@H]1[C@@H]2O[C@@]3(CC2Br)[C@@H]1C(=O)N([C@H](CO)c1ccccc1)[C@@H]3C(=O)N(CC=C)CCCCC)c1ccccc1. The predicted molar refractivity (Wildman–Crippen MR) is 197 cm³/mol. The van der Waals surface area contributed by atoms with E-state index in [1.165, 1.54) is 4.90 Å². The zero-order chi connectivity index (χ0) is 36.7. The van der Waals surface area contributed by atoms with Crippen LogP contribution < -0.4 is 5.32 Å². The smallest absolute Gasteiger partial charge is 0.313 e. The number of carbonyl (C=O) groups is 4. The highest BCUT2D eigenvalue weighted by molar-refractivity contribution is 9.09. The van der Waals surface area contributed by atoms with E-state index in [0.29, 0.717) is 30.5 Å². The Hall–Kier alpha value is -3.80. The van der Waals surface area contributed by atoms with E-state index < -0.39 is 66.3 Å². The summed E-state index contributed by atoms with van der Waals surface area (Å²) < 4.78 is 13.1. The number of aliphatic hydroxyl groups is 1. The average Bonchev–Trinajstić information content (AvgIpc) is 3.73. The van der Waals surface area contributed by atoms with Crippen LogP contribution in [0.15, 0.2) is 86.0 Å². The van der Waals surface area contributed by atoms with E-state index in [1.807, 2.05) is 60.7 Å². The quantitative estimate of drug-likeness (QED) is 0.0899. The first kappa shape index (κ1) is 38.4. The van der Waals surface area contributed by atoms with Crippen LogP contribution >= 0.6 is 15.9 Å². The number of allylic oxidation sites excluding steroid dienone is 1. The molecule has 3 amide bonds. The minimum Gasteiger partial charge on any atom is -0.455 e. The van der Waals surface area contributed by atoms with Crippen molar-refractivity contribution in [1.29, 1.82) is 0 Å². The summed E-state index contributed by atoms with van der Waals surface area (Å²) in [5, 5.41) is 13.8. The third kappa shape index (κ3) is 7.71. The summed E-state index contributed by atoms with van der Waals surface area (Å²) in [6, 6.07) is 15.7. The number of fused-ring (bicyclic) bond motifs is 1. The van der Waals surface area contributed by atoms with Crippen LogP contribution in [0.5, 0.6) is 0 Å². The van der Waals surface area contributed by atoms with Crippen molar-refractivity contribution in [3.63, 3.8) is 0 Å². The first-order valence-corrected chi connectivity index (χ1v) is 18.9. The lowest BCUT2D eigenvalue weighted by Gasteiger charge is -2.39. The van der Waals surface area contributed by atoms with Crippen molar-refractivity contribution in [2.24, 2.45) is 11.8 Å². The van der Waals surface area contributed by atoms with Gasteiger partial charge < -0.3 is 29.7 Å². The molecule has 3 saturated heterocycles. The molecule has 3 fully saturated rings. The van der Waals surface area contributed by atoms with Crippen molar-refractivity contribution < 1.29 is 33.8 Å². The second kappa shape index (κ2) is 17.1. The summed E-state index contributed by atoms with van der Waals surface area (Å²) >= 11 is 3.75. The topological polar surface area (TPSA) is 125 Å². The van der Waals surface area contributed by atoms with Gasteiger partial charge in [-0.25, -0.2) is 0 Å². The van der Waals surface area contributed by atoms with Gasteiger partial charge in [-0.05, 0) is 37.3 Å². The zero-order valence-electron chi connectivity index (χ0n) is 29.5. The Morgan fingerprint density at radius 3 is 2.37 bits per heavy atom. The Labute approximate surface area is 309 Å². The lowest BCUT2D eigenvalue weighted by molar-refractivity contribution is -0.162. The second-order valence-corrected chi connectivity index (χ2v) is 14.9. The molecule has 274 valence electrons. The summed E-state index contributed by atoms with van der Waals surface area (Å²) in [6.07, 6.45) is 5.46. The highest BCUT2D eigenvalue weighted by Gasteiger charge is 2.77. The molecular weight excluding hydrogens is 714 g/mol. The molecule has 10 nitrogen and oxygen atoms in total. The number of benzene rings is 2. The Bertz CT molecular complexity index is 1560. The number of likely N-dealkylation sites (tertiary alicyclic amines) is 1. The lowest BCUT2D eigenvalue weighted by atomic mass is 9.70. The molecule has 1 spiro atoms. The van der Waals surface area contributed by atoms with E-state index in [-0.39, 0.29) is 29.6 Å². The number of aliphatic hydroxyl groups excluding tert-OH is 1. The molecule has 0 aliphatic carbocycles. The number of amides is 3. The molecule has 2 aromatic carbocycles. The minimum atomic E-state index is -1.35. The van der Waals surface area contributed by atoms with Crippen molar-refractivity contribution >= 4 is 39.6 Å². The maximum atomic E-state index is 14.9. The molecule has 3 heterocycles. The molecule has 0 aromatic heterocycles. The molecule has 5 rings (SSSR count). The number of nitrogens with one attached hydrogen (secondary N) is 1. The molecule has 1 unspecified atom stereocenters. The maximum Gasteiger partial charge on any atom is 0.313 e. The monoisotopic (exact) mass is 763 g/mol. The van der Waals surface area contributed by atoms with Crippen LogP contribution in [-0.4, -0.2) is 86.9 Å². The van der Waals surface area contributed by atoms with Crippen LogP contribution in [0.3, 0.4) is 0 Å².